The van der Waals surface area contributed by atoms with Crippen molar-refractivity contribution < 1.29 is 22.7 Å². The molecule has 0 spiro atoms. The maximum absolute atomic E-state index is 15.1. The second-order valence-corrected chi connectivity index (χ2v) is 17.5. The Balaban J connectivity index is 1.12. The maximum atomic E-state index is 15.1. The van der Waals surface area contributed by atoms with Crippen molar-refractivity contribution >= 4 is 32.9 Å². The van der Waals surface area contributed by atoms with Gasteiger partial charge in [0.05, 0.1) is 18.2 Å². The quantitative estimate of drug-likeness (QED) is 0.229. The number of rotatable bonds is 8. The molecule has 2 saturated heterocycles. The van der Waals surface area contributed by atoms with E-state index in [1.807, 2.05) is 24.3 Å². The van der Waals surface area contributed by atoms with Crippen LogP contribution in [0.4, 0.5) is 0 Å². The van der Waals surface area contributed by atoms with Crippen LogP contribution in [0, 0.1) is 5.41 Å². The zero-order chi connectivity index (χ0) is 36.3. The number of carbonyl (C=O) groups is 2. The number of benzene rings is 3. The molecular weight excluding hydrogens is 687 g/mol. The minimum Gasteiger partial charge on any atom is -0.497 e. The van der Waals surface area contributed by atoms with Crippen LogP contribution in [0.5, 0.6) is 5.75 Å². The lowest BCUT2D eigenvalue weighted by atomic mass is 9.81. The Morgan fingerprint density at radius 3 is 2.42 bits per heavy atom. The van der Waals surface area contributed by atoms with Crippen LogP contribution in [0.15, 0.2) is 66.7 Å². The fourth-order valence-electron chi connectivity index (χ4n) is 9.68. The average Bonchev–Trinajstić information content (AvgIpc) is 3.87. The Labute approximate surface area is 312 Å². The fraction of sp³-hybridized carbons (Fsp3) is 0.476. The van der Waals surface area contributed by atoms with Crippen LogP contribution in [-0.4, -0.2) is 85.3 Å². The van der Waals surface area contributed by atoms with E-state index in [1.54, 1.807) is 13.2 Å². The van der Waals surface area contributed by atoms with Crippen molar-refractivity contribution in [3.05, 3.63) is 89.0 Å². The van der Waals surface area contributed by atoms with Gasteiger partial charge < -0.3 is 14.2 Å². The summed E-state index contributed by atoms with van der Waals surface area (Å²) in [5.41, 5.74) is 6.58. The van der Waals surface area contributed by atoms with Crippen LogP contribution in [0.3, 0.4) is 0 Å². The van der Waals surface area contributed by atoms with Gasteiger partial charge in [-0.25, -0.2) is 4.72 Å². The highest BCUT2D eigenvalue weighted by atomic mass is 32.2. The van der Waals surface area contributed by atoms with Gasteiger partial charge in [0.2, 0.25) is 5.91 Å². The highest BCUT2D eigenvalue weighted by molar-refractivity contribution is 7.87. The van der Waals surface area contributed by atoms with Gasteiger partial charge in [0, 0.05) is 80.3 Å². The summed E-state index contributed by atoms with van der Waals surface area (Å²) in [6.45, 7) is 5.41. The molecule has 1 N–H and O–H groups in total. The van der Waals surface area contributed by atoms with E-state index in [4.69, 9.17) is 4.74 Å². The summed E-state index contributed by atoms with van der Waals surface area (Å²) >= 11 is 0. The van der Waals surface area contributed by atoms with Gasteiger partial charge in [-0.1, -0.05) is 55.7 Å². The molecule has 1 aromatic heterocycles. The topological polar surface area (TPSA) is 104 Å². The monoisotopic (exact) mass is 735 g/mol. The van der Waals surface area contributed by atoms with E-state index >= 15 is 4.79 Å². The number of nitrogens with zero attached hydrogens (tertiary/aromatic N) is 4. The number of carbonyl (C=O) groups excluding carboxylic acids is 2. The SMILES string of the molecule is COc1ccc2c(c1)C1CC1(C(=O)N1CCCN(Cc3ccccc3)CC1)Cn1c-2c(C2CCCCC2)c2ccc(C(=O)NS(=O)(=O)N3CCC3)cc21. The Hall–Kier alpha value is -4.19. The van der Waals surface area contributed by atoms with E-state index in [0.29, 0.717) is 37.7 Å². The zero-order valence-corrected chi connectivity index (χ0v) is 31.4. The van der Waals surface area contributed by atoms with E-state index in [9.17, 15) is 13.2 Å². The molecule has 10 nitrogen and oxygen atoms in total. The molecule has 278 valence electrons. The van der Waals surface area contributed by atoms with Gasteiger partial charge in [-0.05, 0) is 85.0 Å². The number of hydrogen-bond donors (Lipinski definition) is 1. The Morgan fingerprint density at radius 2 is 1.66 bits per heavy atom. The minimum atomic E-state index is -3.90. The third-order valence-corrected chi connectivity index (χ3v) is 14.2. The van der Waals surface area contributed by atoms with Crippen molar-refractivity contribution in [3.63, 3.8) is 0 Å². The van der Waals surface area contributed by atoms with Crippen LogP contribution < -0.4 is 9.46 Å². The molecule has 2 amide bonds. The van der Waals surface area contributed by atoms with E-state index in [-0.39, 0.29) is 11.8 Å². The maximum Gasteiger partial charge on any atom is 0.304 e. The summed E-state index contributed by atoms with van der Waals surface area (Å²) < 4.78 is 37.6. The number of amides is 2. The second kappa shape index (κ2) is 13.6. The number of nitrogens with one attached hydrogen (secondary N) is 1. The Morgan fingerprint density at radius 1 is 0.868 bits per heavy atom. The van der Waals surface area contributed by atoms with Crippen LogP contribution >= 0.6 is 0 Å². The Bertz CT molecular complexity index is 2170. The van der Waals surface area contributed by atoms with Crippen molar-refractivity contribution in [3.8, 4) is 17.0 Å². The number of ether oxygens (including phenoxy) is 1. The van der Waals surface area contributed by atoms with Crippen molar-refractivity contribution in [2.24, 2.45) is 5.41 Å². The zero-order valence-electron chi connectivity index (χ0n) is 30.6. The second-order valence-electron chi connectivity index (χ2n) is 15.9. The summed E-state index contributed by atoms with van der Waals surface area (Å²) in [7, 11) is -2.21. The number of hydrogen-bond acceptors (Lipinski definition) is 6. The highest BCUT2D eigenvalue weighted by Gasteiger charge is 2.64. The largest absolute Gasteiger partial charge is 0.497 e. The molecule has 2 atom stereocenters. The molecule has 53 heavy (non-hydrogen) atoms. The van der Waals surface area contributed by atoms with Crippen molar-refractivity contribution in [2.75, 3.05) is 46.4 Å². The van der Waals surface area contributed by atoms with E-state index < -0.39 is 21.5 Å². The molecule has 9 rings (SSSR count). The molecule has 0 radical (unpaired) electrons. The molecule has 2 unspecified atom stereocenters. The number of aromatic nitrogens is 1. The first-order valence-corrected chi connectivity index (χ1v) is 20.9. The van der Waals surface area contributed by atoms with Crippen LogP contribution in [-0.2, 0) is 28.1 Å². The molecule has 5 aliphatic rings. The number of methoxy groups -OCH3 is 1. The van der Waals surface area contributed by atoms with Crippen molar-refractivity contribution in [1.82, 2.24) is 23.4 Å². The molecule has 4 heterocycles. The summed E-state index contributed by atoms with van der Waals surface area (Å²) in [5.74, 6) is 0.764. The molecule has 3 aromatic carbocycles. The van der Waals surface area contributed by atoms with E-state index in [0.717, 1.165) is 91.8 Å². The Kier molecular flexibility index (Phi) is 8.86. The van der Waals surface area contributed by atoms with Gasteiger partial charge >= 0.3 is 10.2 Å². The van der Waals surface area contributed by atoms with E-state index in [1.165, 1.54) is 34.7 Å². The average molecular weight is 736 g/mol. The third kappa shape index (κ3) is 6.14. The first kappa shape index (κ1) is 34.6. The molecule has 0 bridgehead atoms. The third-order valence-electron chi connectivity index (χ3n) is 12.7. The molecule has 3 aliphatic heterocycles. The summed E-state index contributed by atoms with van der Waals surface area (Å²) in [6, 6.07) is 22.5. The lowest BCUT2D eigenvalue weighted by Gasteiger charge is -2.29. The normalized spacial score (nSPS) is 23.6. The first-order valence-electron chi connectivity index (χ1n) is 19.5. The van der Waals surface area contributed by atoms with Crippen LogP contribution in [0.1, 0.15) is 90.3 Å². The van der Waals surface area contributed by atoms with Gasteiger partial charge in [0.15, 0.2) is 0 Å². The summed E-state index contributed by atoms with van der Waals surface area (Å²) in [6.07, 6.45) is 8.22. The smallest absolute Gasteiger partial charge is 0.304 e. The summed E-state index contributed by atoms with van der Waals surface area (Å²) in [5, 5.41) is 1.09. The predicted octanol–water partition coefficient (Wildman–Crippen LogP) is 6.27. The summed E-state index contributed by atoms with van der Waals surface area (Å²) in [4.78, 5) is 33.2. The van der Waals surface area contributed by atoms with Gasteiger partial charge in [-0.3, -0.25) is 14.5 Å². The van der Waals surface area contributed by atoms with Gasteiger partial charge in [0.1, 0.15) is 5.75 Å². The molecule has 4 aromatic rings. The van der Waals surface area contributed by atoms with E-state index in [2.05, 4.69) is 55.5 Å². The van der Waals surface area contributed by atoms with Gasteiger partial charge in [-0.2, -0.15) is 12.7 Å². The number of fused-ring (bicyclic) bond motifs is 7. The van der Waals surface area contributed by atoms with Gasteiger partial charge in [0.25, 0.3) is 5.91 Å². The first-order chi connectivity index (χ1) is 25.8. The molecule has 2 saturated carbocycles. The highest BCUT2D eigenvalue weighted by Crippen LogP contribution is 2.66. The minimum absolute atomic E-state index is 0.0473. The lowest BCUT2D eigenvalue weighted by molar-refractivity contribution is -0.137. The molecular formula is C42H49N5O5S. The molecule has 2 aliphatic carbocycles. The van der Waals surface area contributed by atoms with Gasteiger partial charge in [-0.15, -0.1) is 0 Å². The lowest BCUT2D eigenvalue weighted by Crippen LogP contribution is -2.49. The molecule has 4 fully saturated rings. The van der Waals surface area contributed by atoms with Crippen LogP contribution in [0.2, 0.25) is 0 Å². The van der Waals surface area contributed by atoms with Crippen molar-refractivity contribution in [2.45, 2.75) is 76.3 Å². The van der Waals surface area contributed by atoms with Crippen molar-refractivity contribution in [1.29, 1.82) is 0 Å². The standard InChI is InChI=1S/C42H49N5O5S/c1-52-32-15-17-33-35(25-32)36-26-42(36,41(49)45-19-8-18-44(22-23-45)27-29-10-4-2-5-11-29)28-47-37-24-31(40(48)43-53(50,51)46-20-9-21-46)14-16-34(37)38(39(33)47)30-12-6-3-7-13-30/h2,4-5,10-11,14-17,24-25,30,36H,3,6-9,12-13,18-23,26-28H2,1H3,(H,43,48). The fourth-order valence-corrected chi connectivity index (χ4v) is 10.9. The predicted molar refractivity (Wildman–Crippen MR) is 205 cm³/mol. The van der Waals surface area contributed by atoms with Crippen LogP contribution in [0.25, 0.3) is 22.2 Å². The molecule has 11 heteroatoms.